The zero-order chi connectivity index (χ0) is 16.2. The first-order valence-corrected chi connectivity index (χ1v) is 8.76. The quantitative estimate of drug-likeness (QED) is 0.908. The summed E-state index contributed by atoms with van der Waals surface area (Å²) in [6.07, 6.45) is 3.79. The molecule has 0 aliphatic carbocycles. The lowest BCUT2D eigenvalue weighted by Crippen LogP contribution is -2.33. The number of hydrogen-bond donors (Lipinski definition) is 1. The van der Waals surface area contributed by atoms with Crippen LogP contribution in [-0.4, -0.2) is 23.5 Å². The van der Waals surface area contributed by atoms with Crippen LogP contribution in [-0.2, 0) is 6.42 Å². The van der Waals surface area contributed by atoms with Crippen molar-refractivity contribution >= 4 is 23.5 Å². The molecule has 0 fully saturated rings. The normalized spacial score (nSPS) is 15.1. The predicted octanol–water partition coefficient (Wildman–Crippen LogP) is 3.71. The Labute approximate surface area is 139 Å². The molecule has 2 heterocycles. The molecular weight excluding hydrogens is 310 g/mol. The molecule has 0 saturated carbocycles. The molecule has 1 aromatic heterocycles. The van der Waals surface area contributed by atoms with Crippen LogP contribution in [0.1, 0.15) is 46.2 Å². The number of nitrogens with one attached hydrogen (secondary N) is 1. The monoisotopic (exact) mass is 329 g/mol. The van der Waals surface area contributed by atoms with Crippen LogP contribution in [0, 0.1) is 0 Å². The topological polar surface area (TPSA) is 59.3 Å². The highest BCUT2D eigenvalue weighted by atomic mass is 32.2. The number of carbonyl (C=O) groups excluding carboxylic acids is 2. The van der Waals surface area contributed by atoms with Gasteiger partial charge >= 0.3 is 0 Å². The van der Waals surface area contributed by atoms with Crippen LogP contribution in [0.2, 0.25) is 0 Å². The van der Waals surface area contributed by atoms with Crippen LogP contribution in [0.3, 0.4) is 0 Å². The first kappa shape index (κ1) is 15.9. The van der Waals surface area contributed by atoms with Gasteiger partial charge < -0.3 is 9.73 Å². The molecule has 5 heteroatoms. The number of Topliss-reactive ketones (excluding diaryl/α,β-unsaturated/α-hetero) is 1. The van der Waals surface area contributed by atoms with Gasteiger partial charge in [0.15, 0.2) is 5.78 Å². The Morgan fingerprint density at radius 2 is 2.22 bits per heavy atom. The molecule has 0 unspecified atom stereocenters. The standard InChI is InChI=1S/C18H19NO3S/c1-12(7-8-13-4-3-10-22-13)19-18(21)15-6-2-5-14-16(20)9-11-23-17(14)15/h2-6,10,12H,7-9,11H2,1H3,(H,19,21)/t12-/m0/s1. The minimum Gasteiger partial charge on any atom is -0.469 e. The van der Waals surface area contributed by atoms with Gasteiger partial charge in [-0.05, 0) is 31.5 Å². The number of carbonyl (C=O) groups is 2. The van der Waals surface area contributed by atoms with E-state index >= 15 is 0 Å². The Kier molecular flexibility index (Phi) is 4.86. The number of benzene rings is 1. The molecule has 1 aromatic carbocycles. The molecule has 1 aliphatic heterocycles. The first-order valence-electron chi connectivity index (χ1n) is 7.77. The van der Waals surface area contributed by atoms with E-state index in [2.05, 4.69) is 5.32 Å². The summed E-state index contributed by atoms with van der Waals surface area (Å²) in [5, 5.41) is 3.02. The fourth-order valence-electron chi connectivity index (χ4n) is 2.66. The average molecular weight is 329 g/mol. The van der Waals surface area contributed by atoms with Crippen molar-refractivity contribution in [1.82, 2.24) is 5.32 Å². The zero-order valence-corrected chi connectivity index (χ0v) is 13.8. The van der Waals surface area contributed by atoms with Crippen molar-refractivity contribution in [2.75, 3.05) is 5.75 Å². The van der Waals surface area contributed by atoms with E-state index in [4.69, 9.17) is 4.42 Å². The van der Waals surface area contributed by atoms with E-state index in [-0.39, 0.29) is 17.7 Å². The maximum atomic E-state index is 12.5. The van der Waals surface area contributed by atoms with Gasteiger partial charge in [0.2, 0.25) is 0 Å². The second-order valence-corrected chi connectivity index (χ2v) is 6.80. The van der Waals surface area contributed by atoms with Crippen molar-refractivity contribution in [2.24, 2.45) is 0 Å². The number of aryl methyl sites for hydroxylation is 1. The molecule has 1 aliphatic rings. The van der Waals surface area contributed by atoms with Crippen molar-refractivity contribution in [3.63, 3.8) is 0 Å². The summed E-state index contributed by atoms with van der Waals surface area (Å²) in [5.74, 6) is 1.67. The van der Waals surface area contributed by atoms with Gasteiger partial charge in [0.05, 0.1) is 11.8 Å². The van der Waals surface area contributed by atoms with E-state index in [1.165, 1.54) is 0 Å². The maximum Gasteiger partial charge on any atom is 0.252 e. The molecule has 23 heavy (non-hydrogen) atoms. The van der Waals surface area contributed by atoms with Crippen LogP contribution >= 0.6 is 11.8 Å². The minimum atomic E-state index is -0.115. The highest BCUT2D eigenvalue weighted by Crippen LogP contribution is 2.33. The molecule has 1 atom stereocenters. The van der Waals surface area contributed by atoms with E-state index in [1.54, 1.807) is 36.2 Å². The van der Waals surface area contributed by atoms with Crippen LogP contribution in [0.25, 0.3) is 0 Å². The van der Waals surface area contributed by atoms with Crippen molar-refractivity contribution < 1.29 is 14.0 Å². The third kappa shape index (κ3) is 3.67. The lowest BCUT2D eigenvalue weighted by atomic mass is 10.0. The van der Waals surface area contributed by atoms with E-state index < -0.39 is 0 Å². The Hall–Kier alpha value is -2.01. The second kappa shape index (κ2) is 7.04. The van der Waals surface area contributed by atoms with Crippen LogP contribution in [0.4, 0.5) is 0 Å². The van der Waals surface area contributed by atoms with Gasteiger partial charge in [0.1, 0.15) is 5.76 Å². The van der Waals surface area contributed by atoms with Crippen molar-refractivity contribution in [2.45, 2.75) is 37.1 Å². The fraction of sp³-hybridized carbons (Fsp3) is 0.333. The molecule has 0 saturated heterocycles. The lowest BCUT2D eigenvalue weighted by Gasteiger charge is -2.19. The predicted molar refractivity (Wildman–Crippen MR) is 90.1 cm³/mol. The number of rotatable bonds is 5. The van der Waals surface area contributed by atoms with Crippen molar-refractivity contribution in [3.05, 3.63) is 53.5 Å². The van der Waals surface area contributed by atoms with Crippen LogP contribution < -0.4 is 5.32 Å². The average Bonchev–Trinajstić information content (AvgIpc) is 3.06. The third-order valence-electron chi connectivity index (χ3n) is 3.92. The van der Waals surface area contributed by atoms with E-state index in [0.717, 1.165) is 29.3 Å². The van der Waals surface area contributed by atoms with Gasteiger partial charge in [-0.3, -0.25) is 9.59 Å². The van der Waals surface area contributed by atoms with Crippen molar-refractivity contribution in [3.8, 4) is 0 Å². The highest BCUT2D eigenvalue weighted by Gasteiger charge is 2.23. The largest absolute Gasteiger partial charge is 0.469 e. The highest BCUT2D eigenvalue weighted by molar-refractivity contribution is 7.99. The maximum absolute atomic E-state index is 12.5. The molecule has 1 amide bonds. The number of ketones is 1. The van der Waals surface area contributed by atoms with E-state index in [9.17, 15) is 9.59 Å². The second-order valence-electron chi connectivity index (χ2n) is 5.70. The van der Waals surface area contributed by atoms with Crippen molar-refractivity contribution in [1.29, 1.82) is 0 Å². The SMILES string of the molecule is C[C@@H](CCc1ccco1)NC(=O)c1cccc2c1SCCC2=O. The van der Waals surface area contributed by atoms with Gasteiger partial charge in [-0.1, -0.05) is 12.1 Å². The summed E-state index contributed by atoms with van der Waals surface area (Å²) in [6.45, 7) is 1.98. The summed E-state index contributed by atoms with van der Waals surface area (Å²) in [4.78, 5) is 25.3. The smallest absolute Gasteiger partial charge is 0.252 e. The van der Waals surface area contributed by atoms with Gasteiger partial charge in [0.25, 0.3) is 5.91 Å². The summed E-state index contributed by atoms with van der Waals surface area (Å²) in [6, 6.07) is 9.21. The molecule has 0 spiro atoms. The number of fused-ring (bicyclic) bond motifs is 1. The summed E-state index contributed by atoms with van der Waals surface area (Å²) in [7, 11) is 0. The van der Waals surface area contributed by atoms with E-state index in [1.807, 2.05) is 19.1 Å². The summed E-state index contributed by atoms with van der Waals surface area (Å²) >= 11 is 1.59. The van der Waals surface area contributed by atoms with Crippen LogP contribution in [0.15, 0.2) is 45.9 Å². The summed E-state index contributed by atoms with van der Waals surface area (Å²) in [5.41, 5.74) is 1.28. The van der Waals surface area contributed by atoms with Gasteiger partial charge in [-0.2, -0.15) is 0 Å². The Bertz CT molecular complexity index is 709. The fourth-order valence-corrected chi connectivity index (χ4v) is 3.80. The Morgan fingerprint density at radius 1 is 1.35 bits per heavy atom. The van der Waals surface area contributed by atoms with Gasteiger partial charge in [0, 0.05) is 35.1 Å². The molecule has 2 aromatic rings. The summed E-state index contributed by atoms with van der Waals surface area (Å²) < 4.78 is 5.31. The molecule has 0 radical (unpaired) electrons. The lowest BCUT2D eigenvalue weighted by molar-refractivity contribution is 0.0935. The molecule has 4 nitrogen and oxygen atoms in total. The van der Waals surface area contributed by atoms with E-state index in [0.29, 0.717) is 17.5 Å². The molecular formula is C18H19NO3S. The first-order chi connectivity index (χ1) is 11.1. The Morgan fingerprint density at radius 3 is 3.00 bits per heavy atom. The zero-order valence-electron chi connectivity index (χ0n) is 13.0. The molecule has 1 N–H and O–H groups in total. The van der Waals surface area contributed by atoms with Crippen LogP contribution in [0.5, 0.6) is 0 Å². The number of hydrogen-bond acceptors (Lipinski definition) is 4. The third-order valence-corrected chi connectivity index (χ3v) is 5.05. The molecule has 3 rings (SSSR count). The molecule has 0 bridgehead atoms. The Balaban J connectivity index is 1.66. The number of furan rings is 1. The van der Waals surface area contributed by atoms with Gasteiger partial charge in [-0.15, -0.1) is 11.8 Å². The number of amides is 1. The number of thioether (sulfide) groups is 1. The minimum absolute atomic E-state index is 0.0350. The molecule has 120 valence electrons. The van der Waals surface area contributed by atoms with Gasteiger partial charge in [-0.25, -0.2) is 0 Å².